The molecule has 2 heterocycles. The summed E-state index contributed by atoms with van der Waals surface area (Å²) in [5.41, 5.74) is 0.0736. The van der Waals surface area contributed by atoms with E-state index in [4.69, 9.17) is 0 Å². The van der Waals surface area contributed by atoms with E-state index in [1.165, 1.54) is 0 Å². The van der Waals surface area contributed by atoms with E-state index in [2.05, 4.69) is 5.32 Å². The van der Waals surface area contributed by atoms with Gasteiger partial charge in [-0.25, -0.2) is 13.7 Å². The highest BCUT2D eigenvalue weighted by Crippen LogP contribution is 2.33. The van der Waals surface area contributed by atoms with Crippen molar-refractivity contribution in [1.82, 2.24) is 5.32 Å². The third kappa shape index (κ3) is 2.75. The number of amides is 2. The van der Waals surface area contributed by atoms with E-state index in [1.807, 2.05) is 0 Å². The summed E-state index contributed by atoms with van der Waals surface area (Å²) in [5.74, 6) is -2.22. The second-order valence-corrected chi connectivity index (χ2v) is 5.83. The van der Waals surface area contributed by atoms with Crippen LogP contribution in [0.1, 0.15) is 43.6 Å². The first-order valence-electron chi connectivity index (χ1n) is 7.63. The molecule has 0 atom stereocenters. The molecule has 2 aliphatic heterocycles. The zero-order valence-corrected chi connectivity index (χ0v) is 12.2. The summed E-state index contributed by atoms with van der Waals surface area (Å²) in [6, 6.07) is 2.14. The van der Waals surface area contributed by atoms with Gasteiger partial charge in [-0.15, -0.1) is 0 Å². The fourth-order valence-electron chi connectivity index (χ4n) is 3.19. The van der Waals surface area contributed by atoms with E-state index >= 15 is 0 Å². The van der Waals surface area contributed by atoms with Gasteiger partial charge in [0.2, 0.25) is 11.8 Å². The maximum absolute atomic E-state index is 14.4. The van der Waals surface area contributed by atoms with Gasteiger partial charge in [0.15, 0.2) is 0 Å². The van der Waals surface area contributed by atoms with E-state index in [-0.39, 0.29) is 24.4 Å². The maximum atomic E-state index is 14.4. The number of imide groups is 1. The van der Waals surface area contributed by atoms with Crippen LogP contribution in [0.4, 0.5) is 14.5 Å². The Balaban J connectivity index is 1.95. The van der Waals surface area contributed by atoms with Crippen LogP contribution in [0.25, 0.3) is 0 Å². The van der Waals surface area contributed by atoms with Gasteiger partial charge in [-0.3, -0.25) is 9.59 Å². The smallest absolute Gasteiger partial charge is 0.233 e. The molecule has 0 bridgehead atoms. The second-order valence-electron chi connectivity index (χ2n) is 5.83. The number of nitrogens with one attached hydrogen (secondary N) is 1. The molecule has 0 aliphatic carbocycles. The van der Waals surface area contributed by atoms with Crippen LogP contribution >= 0.6 is 0 Å². The normalized spacial score (nSPS) is 20.5. The number of hydrogen-bond donors (Lipinski definition) is 1. The predicted molar refractivity (Wildman–Crippen MR) is 77.5 cm³/mol. The summed E-state index contributed by atoms with van der Waals surface area (Å²) < 4.78 is 28.8. The lowest BCUT2D eigenvalue weighted by Crippen LogP contribution is -2.40. The van der Waals surface area contributed by atoms with Gasteiger partial charge >= 0.3 is 0 Å². The SMILES string of the molecule is O=C1CCCC(=O)N1c1cc(F)c(C2CCNCC2)cc1F. The summed E-state index contributed by atoms with van der Waals surface area (Å²) in [6.07, 6.45) is 2.33. The van der Waals surface area contributed by atoms with Gasteiger partial charge in [0.1, 0.15) is 11.6 Å². The molecular weight excluding hydrogens is 290 g/mol. The lowest BCUT2D eigenvalue weighted by molar-refractivity contribution is -0.129. The monoisotopic (exact) mass is 308 g/mol. The van der Waals surface area contributed by atoms with Crippen LogP contribution in [-0.4, -0.2) is 24.9 Å². The van der Waals surface area contributed by atoms with Crippen LogP contribution in [0.3, 0.4) is 0 Å². The van der Waals surface area contributed by atoms with Crippen LogP contribution < -0.4 is 10.2 Å². The highest BCUT2D eigenvalue weighted by Gasteiger charge is 2.31. The van der Waals surface area contributed by atoms with Gasteiger partial charge in [-0.2, -0.15) is 0 Å². The Kier molecular flexibility index (Phi) is 4.20. The largest absolute Gasteiger partial charge is 0.317 e. The zero-order chi connectivity index (χ0) is 15.7. The van der Waals surface area contributed by atoms with E-state index in [9.17, 15) is 18.4 Å². The molecule has 0 unspecified atom stereocenters. The third-order valence-electron chi connectivity index (χ3n) is 4.37. The van der Waals surface area contributed by atoms with Gasteiger partial charge in [-0.05, 0) is 49.9 Å². The minimum atomic E-state index is -0.710. The molecule has 1 N–H and O–H groups in total. The van der Waals surface area contributed by atoms with Crippen molar-refractivity contribution in [3.05, 3.63) is 29.3 Å². The van der Waals surface area contributed by atoms with Gasteiger partial charge in [-0.1, -0.05) is 0 Å². The molecular formula is C16H18F2N2O2. The van der Waals surface area contributed by atoms with Crippen LogP contribution in [0.15, 0.2) is 12.1 Å². The highest BCUT2D eigenvalue weighted by atomic mass is 19.1. The quantitative estimate of drug-likeness (QED) is 0.854. The van der Waals surface area contributed by atoms with Crippen LogP contribution in [0, 0.1) is 11.6 Å². The Labute approximate surface area is 127 Å². The Morgan fingerprint density at radius 1 is 1.00 bits per heavy atom. The first-order chi connectivity index (χ1) is 10.6. The second kappa shape index (κ2) is 6.12. The van der Waals surface area contributed by atoms with Crippen LogP contribution in [0.5, 0.6) is 0 Å². The number of carbonyl (C=O) groups excluding carboxylic acids is 2. The maximum Gasteiger partial charge on any atom is 0.233 e. The molecule has 0 spiro atoms. The number of benzene rings is 1. The minimum absolute atomic E-state index is 0.0300. The van der Waals surface area contributed by atoms with Crippen molar-refractivity contribution in [2.24, 2.45) is 0 Å². The van der Waals surface area contributed by atoms with Crippen molar-refractivity contribution in [1.29, 1.82) is 0 Å². The first kappa shape index (κ1) is 15.1. The van der Waals surface area contributed by atoms with Crippen molar-refractivity contribution in [2.45, 2.75) is 38.0 Å². The lowest BCUT2D eigenvalue weighted by Gasteiger charge is -2.27. The van der Waals surface area contributed by atoms with E-state index in [0.29, 0.717) is 12.0 Å². The Morgan fingerprint density at radius 3 is 2.27 bits per heavy atom. The van der Waals surface area contributed by atoms with Crippen molar-refractivity contribution >= 4 is 17.5 Å². The highest BCUT2D eigenvalue weighted by molar-refractivity contribution is 6.16. The average Bonchev–Trinajstić information content (AvgIpc) is 2.51. The van der Waals surface area contributed by atoms with E-state index < -0.39 is 23.4 Å². The summed E-state index contributed by atoms with van der Waals surface area (Å²) in [5, 5.41) is 3.18. The molecule has 2 amide bonds. The summed E-state index contributed by atoms with van der Waals surface area (Å²) in [7, 11) is 0. The molecule has 0 aromatic heterocycles. The molecule has 3 rings (SSSR count). The van der Waals surface area contributed by atoms with Crippen molar-refractivity contribution in [3.63, 3.8) is 0 Å². The molecule has 118 valence electrons. The number of piperidine rings is 2. The predicted octanol–water partition coefficient (Wildman–Crippen LogP) is 2.48. The molecule has 2 aliphatic rings. The molecule has 1 aromatic carbocycles. The van der Waals surface area contributed by atoms with Crippen molar-refractivity contribution in [2.75, 3.05) is 18.0 Å². The van der Waals surface area contributed by atoms with Crippen molar-refractivity contribution < 1.29 is 18.4 Å². The molecule has 2 saturated heterocycles. The van der Waals surface area contributed by atoms with Gasteiger partial charge in [0.25, 0.3) is 0 Å². The van der Waals surface area contributed by atoms with Crippen LogP contribution in [-0.2, 0) is 9.59 Å². The molecule has 22 heavy (non-hydrogen) atoms. The molecule has 0 saturated carbocycles. The lowest BCUT2D eigenvalue weighted by atomic mass is 9.89. The number of anilines is 1. The molecule has 6 heteroatoms. The molecule has 0 radical (unpaired) electrons. The van der Waals surface area contributed by atoms with Crippen LogP contribution in [0.2, 0.25) is 0 Å². The molecule has 2 fully saturated rings. The fourth-order valence-corrected chi connectivity index (χ4v) is 3.19. The summed E-state index contributed by atoms with van der Waals surface area (Å²) >= 11 is 0. The fraction of sp³-hybridized carbons (Fsp3) is 0.500. The van der Waals surface area contributed by atoms with Gasteiger partial charge in [0, 0.05) is 18.9 Å². The third-order valence-corrected chi connectivity index (χ3v) is 4.37. The van der Waals surface area contributed by atoms with E-state index in [0.717, 1.165) is 43.0 Å². The van der Waals surface area contributed by atoms with Gasteiger partial charge in [0.05, 0.1) is 5.69 Å². The molecule has 4 nitrogen and oxygen atoms in total. The number of carbonyl (C=O) groups is 2. The van der Waals surface area contributed by atoms with Crippen molar-refractivity contribution in [3.8, 4) is 0 Å². The Bertz CT molecular complexity index is 596. The minimum Gasteiger partial charge on any atom is -0.317 e. The standard InChI is InChI=1S/C16H18F2N2O2/c17-12-9-14(20-15(21)2-1-3-16(20)22)13(18)8-11(12)10-4-6-19-7-5-10/h8-10,19H,1-7H2. The summed E-state index contributed by atoms with van der Waals surface area (Å²) in [4.78, 5) is 24.5. The Morgan fingerprint density at radius 2 is 1.64 bits per heavy atom. The first-order valence-corrected chi connectivity index (χ1v) is 7.63. The number of rotatable bonds is 2. The van der Waals surface area contributed by atoms with E-state index in [1.54, 1.807) is 0 Å². The number of halogens is 2. The Hall–Kier alpha value is -1.82. The molecule has 1 aromatic rings. The zero-order valence-electron chi connectivity index (χ0n) is 12.2. The topological polar surface area (TPSA) is 49.4 Å². The average molecular weight is 308 g/mol. The number of hydrogen-bond acceptors (Lipinski definition) is 3. The van der Waals surface area contributed by atoms with Gasteiger partial charge < -0.3 is 5.32 Å². The summed E-state index contributed by atoms with van der Waals surface area (Å²) in [6.45, 7) is 1.55. The number of nitrogens with zero attached hydrogens (tertiary/aromatic N) is 1.